The minimum Gasteiger partial charge on any atom is -0.496 e. The largest absolute Gasteiger partial charge is 0.496 e. The Kier molecular flexibility index (Phi) is 8.96. The van der Waals surface area contributed by atoms with E-state index < -0.39 is 17.9 Å². The number of carbonyl (C=O) groups is 4. The minimum atomic E-state index is -1.23. The number of benzene rings is 3. The van der Waals surface area contributed by atoms with Crippen LogP contribution < -0.4 is 14.8 Å². The van der Waals surface area contributed by atoms with Crippen LogP contribution in [0.3, 0.4) is 0 Å². The number of nitrogens with zero attached hydrogens (tertiary/aromatic N) is 1. The highest BCUT2D eigenvalue weighted by Gasteiger charge is 2.29. The van der Waals surface area contributed by atoms with E-state index in [0.29, 0.717) is 28.2 Å². The van der Waals surface area contributed by atoms with Crippen molar-refractivity contribution in [2.45, 2.75) is 31.8 Å². The van der Waals surface area contributed by atoms with Crippen LogP contribution in [-0.2, 0) is 27.3 Å². The van der Waals surface area contributed by atoms with Gasteiger partial charge in [-0.15, -0.1) is 0 Å². The number of hydrogen-bond acceptors (Lipinski definition) is 6. The average molecular weight is 585 g/mol. The van der Waals surface area contributed by atoms with E-state index in [1.807, 2.05) is 0 Å². The van der Waals surface area contributed by atoms with Gasteiger partial charge in [0.1, 0.15) is 17.5 Å². The average Bonchev–Trinajstić information content (AvgIpc) is 3.24. The van der Waals surface area contributed by atoms with Gasteiger partial charge in [0.15, 0.2) is 0 Å². The molecule has 1 saturated heterocycles. The Morgan fingerprint density at radius 3 is 1.98 bits per heavy atom. The van der Waals surface area contributed by atoms with Crippen LogP contribution in [0.2, 0.25) is 10.0 Å². The highest BCUT2D eigenvalue weighted by atomic mass is 35.5. The Hall–Kier alpha value is -4.08. The Morgan fingerprint density at radius 2 is 1.48 bits per heavy atom. The molecule has 0 saturated carbocycles. The number of carboxylic acid groups (broad SMARTS) is 1. The Balaban J connectivity index is 1.55. The number of aliphatic carboxylic acids is 1. The molecule has 0 radical (unpaired) electrons. The van der Waals surface area contributed by atoms with Gasteiger partial charge in [0, 0.05) is 19.3 Å². The minimum absolute atomic E-state index is 0.00790. The number of imide groups is 1. The van der Waals surface area contributed by atoms with E-state index in [1.54, 1.807) is 42.5 Å². The molecule has 0 aromatic heterocycles. The van der Waals surface area contributed by atoms with Gasteiger partial charge in [-0.25, -0.2) is 4.79 Å². The number of nitrogens with one attached hydrogen (secondary N) is 1. The van der Waals surface area contributed by atoms with Gasteiger partial charge >= 0.3 is 5.97 Å². The van der Waals surface area contributed by atoms with Gasteiger partial charge in [-0.1, -0.05) is 53.5 Å². The van der Waals surface area contributed by atoms with Crippen molar-refractivity contribution < 1.29 is 33.8 Å². The van der Waals surface area contributed by atoms with Crippen molar-refractivity contribution in [3.05, 3.63) is 81.3 Å². The summed E-state index contributed by atoms with van der Waals surface area (Å²) in [5.74, 6) is -1.37. The second kappa shape index (κ2) is 12.4. The molecule has 0 spiro atoms. The second-order valence-corrected chi connectivity index (χ2v) is 9.93. The summed E-state index contributed by atoms with van der Waals surface area (Å²) in [6.07, 6.45) is 0.421. The van der Waals surface area contributed by atoms with E-state index in [4.69, 9.17) is 32.7 Å². The van der Waals surface area contributed by atoms with Crippen LogP contribution in [0, 0.1) is 0 Å². The summed E-state index contributed by atoms with van der Waals surface area (Å²) in [7, 11) is 3.02. The van der Waals surface area contributed by atoms with Crippen molar-refractivity contribution in [2.75, 3.05) is 14.2 Å². The van der Waals surface area contributed by atoms with Gasteiger partial charge in [0.25, 0.3) is 5.91 Å². The van der Waals surface area contributed by atoms with Crippen LogP contribution in [0.25, 0.3) is 11.1 Å². The molecule has 4 rings (SSSR count). The molecule has 0 aliphatic carbocycles. The van der Waals surface area contributed by atoms with Gasteiger partial charge in [0.05, 0.1) is 41.9 Å². The summed E-state index contributed by atoms with van der Waals surface area (Å²) >= 11 is 12.2. The summed E-state index contributed by atoms with van der Waals surface area (Å²) in [4.78, 5) is 50.0. The van der Waals surface area contributed by atoms with Gasteiger partial charge in [0.2, 0.25) is 11.8 Å². The number of carboxylic acids is 1. The Morgan fingerprint density at radius 1 is 0.925 bits per heavy atom. The van der Waals surface area contributed by atoms with E-state index in [0.717, 1.165) is 5.56 Å². The number of hydrogen-bond donors (Lipinski definition) is 2. The predicted octanol–water partition coefficient (Wildman–Crippen LogP) is 4.75. The van der Waals surface area contributed by atoms with Crippen LogP contribution in [0.1, 0.15) is 34.3 Å². The lowest BCUT2D eigenvalue weighted by Gasteiger charge is -2.19. The molecule has 0 unspecified atom stereocenters. The second-order valence-electron chi connectivity index (χ2n) is 9.11. The lowest BCUT2D eigenvalue weighted by atomic mass is 9.97. The molecule has 1 heterocycles. The normalized spacial score (nSPS) is 13.8. The molecule has 1 fully saturated rings. The van der Waals surface area contributed by atoms with Crippen molar-refractivity contribution in [1.29, 1.82) is 0 Å². The van der Waals surface area contributed by atoms with Crippen molar-refractivity contribution >= 4 is 46.9 Å². The predicted molar refractivity (Wildman–Crippen MR) is 149 cm³/mol. The summed E-state index contributed by atoms with van der Waals surface area (Å²) in [5, 5.41) is 12.5. The van der Waals surface area contributed by atoms with Crippen molar-refractivity contribution in [2.24, 2.45) is 0 Å². The first-order chi connectivity index (χ1) is 19.1. The fourth-order valence-electron chi connectivity index (χ4n) is 4.51. The fourth-order valence-corrected chi connectivity index (χ4v) is 5.08. The maximum absolute atomic E-state index is 12.7. The maximum atomic E-state index is 12.7. The van der Waals surface area contributed by atoms with Gasteiger partial charge in [-0.05, 0) is 41.0 Å². The zero-order chi connectivity index (χ0) is 29.0. The van der Waals surface area contributed by atoms with Crippen molar-refractivity contribution in [1.82, 2.24) is 10.2 Å². The molecule has 3 aromatic carbocycles. The molecule has 3 aromatic rings. The van der Waals surface area contributed by atoms with Crippen molar-refractivity contribution in [3.63, 3.8) is 0 Å². The summed E-state index contributed by atoms with van der Waals surface area (Å²) < 4.78 is 11.2. The van der Waals surface area contributed by atoms with Gasteiger partial charge in [-0.3, -0.25) is 19.3 Å². The number of ether oxygens (including phenoxy) is 2. The van der Waals surface area contributed by atoms with E-state index in [2.05, 4.69) is 5.32 Å². The molecule has 1 aliphatic heterocycles. The molecule has 2 N–H and O–H groups in total. The molecule has 208 valence electrons. The lowest BCUT2D eigenvalue weighted by Crippen LogP contribution is -2.42. The molecule has 0 bridgehead atoms. The molecule has 1 aliphatic rings. The topological polar surface area (TPSA) is 122 Å². The van der Waals surface area contributed by atoms with E-state index in [1.165, 1.54) is 31.3 Å². The standard InChI is InChI=1S/C29H26Cl2N2O7/c1-39-22-13-17(15-33-24(34)10-11-25(33)35)14-23(40-2)26(22)18-8-6-16(7-9-18)12-21(29(37)38)32-28(36)27-19(30)4-3-5-20(27)31/h3-9,13-14,21H,10-12,15H2,1-2H3,(H,32,36)(H,37,38)/t21-/m0/s1. The number of halogens is 2. The third-order valence-electron chi connectivity index (χ3n) is 6.54. The number of likely N-dealkylation sites (tertiary alicyclic amines) is 1. The number of amides is 3. The maximum Gasteiger partial charge on any atom is 0.326 e. The zero-order valence-corrected chi connectivity index (χ0v) is 23.2. The highest BCUT2D eigenvalue weighted by Crippen LogP contribution is 2.40. The molecule has 11 heteroatoms. The smallest absolute Gasteiger partial charge is 0.326 e. The van der Waals surface area contributed by atoms with E-state index in [9.17, 15) is 24.3 Å². The molecule has 9 nitrogen and oxygen atoms in total. The molecule has 40 heavy (non-hydrogen) atoms. The third-order valence-corrected chi connectivity index (χ3v) is 7.17. The first kappa shape index (κ1) is 28.9. The quantitative estimate of drug-likeness (QED) is 0.329. The van der Waals surface area contributed by atoms with Crippen LogP contribution in [0.5, 0.6) is 11.5 Å². The fraction of sp³-hybridized carbons (Fsp3) is 0.241. The summed E-state index contributed by atoms with van der Waals surface area (Å²) in [5.41, 5.74) is 2.72. The monoisotopic (exact) mass is 584 g/mol. The molecular weight excluding hydrogens is 559 g/mol. The Bertz CT molecular complexity index is 1410. The highest BCUT2D eigenvalue weighted by molar-refractivity contribution is 6.39. The number of methoxy groups -OCH3 is 2. The Labute approximate surface area is 240 Å². The lowest BCUT2D eigenvalue weighted by molar-refractivity contribution is -0.140. The van der Waals surface area contributed by atoms with Gasteiger partial charge in [-0.2, -0.15) is 0 Å². The van der Waals surface area contributed by atoms with Crippen LogP contribution in [0.4, 0.5) is 0 Å². The number of rotatable bonds is 10. The van der Waals surface area contributed by atoms with Gasteiger partial charge < -0.3 is 19.9 Å². The third kappa shape index (κ3) is 6.21. The zero-order valence-electron chi connectivity index (χ0n) is 21.7. The SMILES string of the molecule is COc1cc(CN2C(=O)CCC2=O)cc(OC)c1-c1ccc(C[C@H](NC(=O)c2c(Cl)cccc2Cl)C(=O)O)cc1. The van der Waals surface area contributed by atoms with Crippen molar-refractivity contribution in [3.8, 4) is 22.6 Å². The van der Waals surface area contributed by atoms with E-state index in [-0.39, 0.29) is 53.2 Å². The van der Waals surface area contributed by atoms with Crippen LogP contribution >= 0.6 is 23.2 Å². The van der Waals surface area contributed by atoms with E-state index >= 15 is 0 Å². The first-order valence-electron chi connectivity index (χ1n) is 12.3. The number of carbonyl (C=O) groups excluding carboxylic acids is 3. The van der Waals surface area contributed by atoms with Crippen LogP contribution in [0.15, 0.2) is 54.6 Å². The molecule has 3 amide bonds. The molecule has 1 atom stereocenters. The molecular formula is C29H26Cl2N2O7. The summed E-state index contributed by atoms with van der Waals surface area (Å²) in [6, 6.07) is 13.9. The van der Waals surface area contributed by atoms with Crippen LogP contribution in [-0.4, -0.2) is 54.0 Å². The first-order valence-corrected chi connectivity index (χ1v) is 13.0. The summed E-state index contributed by atoms with van der Waals surface area (Å²) in [6.45, 7) is 0.116.